The zero-order valence-electron chi connectivity index (χ0n) is 10.0. The molecule has 4 nitrogen and oxygen atoms in total. The van der Waals surface area contributed by atoms with Crippen molar-refractivity contribution >= 4 is 48.6 Å². The zero-order chi connectivity index (χ0) is 14.0. The van der Waals surface area contributed by atoms with Crippen LogP contribution in [0.4, 0.5) is 0 Å². The number of thiophene rings is 2. The van der Waals surface area contributed by atoms with Gasteiger partial charge in [-0.3, -0.25) is 0 Å². The first kappa shape index (κ1) is 15.1. The molecule has 0 radical (unpaired) electrons. The predicted octanol–water partition coefficient (Wildman–Crippen LogP) is 2.89. The molecule has 0 fully saturated rings. The summed E-state index contributed by atoms with van der Waals surface area (Å²) in [5.74, 6) is 0. The molecule has 2 aromatic rings. The average molecular weight is 382 g/mol. The van der Waals surface area contributed by atoms with Crippen molar-refractivity contribution in [2.75, 3.05) is 7.05 Å². The van der Waals surface area contributed by atoms with Gasteiger partial charge in [0.1, 0.15) is 4.21 Å². The molecule has 0 saturated heterocycles. The van der Waals surface area contributed by atoms with E-state index in [0.29, 0.717) is 12.1 Å². The van der Waals surface area contributed by atoms with Crippen LogP contribution < -0.4 is 0 Å². The molecule has 104 valence electrons. The van der Waals surface area contributed by atoms with Gasteiger partial charge in [-0.2, -0.15) is 4.31 Å². The lowest BCUT2D eigenvalue weighted by Gasteiger charge is -2.15. The molecule has 0 aliphatic carbocycles. The Hall–Kier alpha value is -0.250. The van der Waals surface area contributed by atoms with E-state index in [1.165, 1.54) is 21.7 Å². The number of hydrogen-bond acceptors (Lipinski definition) is 5. The third-order valence-electron chi connectivity index (χ3n) is 2.50. The fourth-order valence-electron chi connectivity index (χ4n) is 1.50. The predicted molar refractivity (Wildman–Crippen MR) is 80.9 cm³/mol. The molecule has 0 spiro atoms. The van der Waals surface area contributed by atoms with Crippen molar-refractivity contribution in [3.63, 3.8) is 0 Å². The van der Waals surface area contributed by atoms with Crippen LogP contribution in [0.25, 0.3) is 0 Å². The molecule has 2 heterocycles. The molecule has 0 aliphatic heterocycles. The van der Waals surface area contributed by atoms with Gasteiger partial charge in [0.05, 0.1) is 10.4 Å². The first-order valence-electron chi connectivity index (χ1n) is 5.31. The van der Waals surface area contributed by atoms with E-state index in [-0.39, 0.29) is 10.8 Å². The van der Waals surface area contributed by atoms with Gasteiger partial charge in [-0.1, -0.05) is 0 Å². The average Bonchev–Trinajstić information content (AvgIpc) is 2.98. The van der Waals surface area contributed by atoms with Gasteiger partial charge in [-0.15, -0.1) is 22.7 Å². The molecule has 8 heteroatoms. The van der Waals surface area contributed by atoms with Gasteiger partial charge < -0.3 is 5.11 Å². The molecule has 0 saturated carbocycles. The molecule has 19 heavy (non-hydrogen) atoms. The summed E-state index contributed by atoms with van der Waals surface area (Å²) in [7, 11) is -1.93. The lowest BCUT2D eigenvalue weighted by atomic mass is 10.3. The van der Waals surface area contributed by atoms with Gasteiger partial charge in [0.2, 0.25) is 0 Å². The highest BCUT2D eigenvalue weighted by Crippen LogP contribution is 2.26. The van der Waals surface area contributed by atoms with Crippen molar-refractivity contribution in [1.82, 2.24) is 4.31 Å². The lowest BCUT2D eigenvalue weighted by Crippen LogP contribution is -2.25. The van der Waals surface area contributed by atoms with E-state index >= 15 is 0 Å². The summed E-state index contributed by atoms with van der Waals surface area (Å²) < 4.78 is 27.2. The Balaban J connectivity index is 2.19. The van der Waals surface area contributed by atoms with Gasteiger partial charge in [0, 0.05) is 13.6 Å². The molecule has 1 N–H and O–H groups in total. The number of sulfonamides is 1. The largest absolute Gasteiger partial charge is 0.392 e. The first-order chi connectivity index (χ1) is 8.93. The maximum absolute atomic E-state index is 12.3. The number of rotatable bonds is 5. The van der Waals surface area contributed by atoms with Crippen molar-refractivity contribution in [3.05, 3.63) is 37.8 Å². The Morgan fingerprint density at radius 3 is 2.47 bits per heavy atom. The molecule has 2 rings (SSSR count). The molecule has 0 atom stereocenters. The summed E-state index contributed by atoms with van der Waals surface area (Å²) in [5.41, 5.74) is 1.57. The van der Waals surface area contributed by atoms with Crippen LogP contribution in [0.5, 0.6) is 0 Å². The lowest BCUT2D eigenvalue weighted by molar-refractivity contribution is 0.282. The Morgan fingerprint density at radius 1 is 1.26 bits per heavy atom. The van der Waals surface area contributed by atoms with E-state index in [9.17, 15) is 8.42 Å². The monoisotopic (exact) mass is 381 g/mol. The van der Waals surface area contributed by atoms with Crippen molar-refractivity contribution in [2.45, 2.75) is 17.4 Å². The number of hydrogen-bond donors (Lipinski definition) is 1. The molecule has 0 aromatic carbocycles. The second-order valence-corrected chi connectivity index (χ2v) is 9.43. The van der Waals surface area contributed by atoms with Gasteiger partial charge in [0.15, 0.2) is 0 Å². The van der Waals surface area contributed by atoms with Crippen molar-refractivity contribution in [3.8, 4) is 0 Å². The summed E-state index contributed by atoms with van der Waals surface area (Å²) in [6.07, 6.45) is 0. The van der Waals surface area contributed by atoms with Crippen LogP contribution in [0.1, 0.15) is 11.1 Å². The smallest absolute Gasteiger partial charge is 0.252 e. The van der Waals surface area contributed by atoms with Gasteiger partial charge >= 0.3 is 0 Å². The minimum absolute atomic E-state index is 0.146. The molecule has 0 bridgehead atoms. The Kier molecular flexibility index (Phi) is 4.80. The fraction of sp³-hybridized carbons (Fsp3) is 0.273. The number of aliphatic hydroxyl groups is 1. The topological polar surface area (TPSA) is 57.6 Å². The van der Waals surface area contributed by atoms with Crippen LogP contribution in [0.2, 0.25) is 0 Å². The van der Waals surface area contributed by atoms with Crippen LogP contribution >= 0.6 is 38.6 Å². The fourth-order valence-corrected chi connectivity index (χ4v) is 5.26. The molecule has 0 unspecified atom stereocenters. The summed E-state index contributed by atoms with van der Waals surface area (Å²) in [4.78, 5) is 0. The number of nitrogens with zero attached hydrogens (tertiary/aromatic N) is 1. The summed E-state index contributed by atoms with van der Waals surface area (Å²) >= 11 is 6.01. The van der Waals surface area contributed by atoms with Crippen LogP contribution in [0.3, 0.4) is 0 Å². The van der Waals surface area contributed by atoms with E-state index in [4.69, 9.17) is 5.11 Å². The Morgan fingerprint density at radius 2 is 1.95 bits per heavy atom. The second-order valence-electron chi connectivity index (χ2n) is 3.95. The summed E-state index contributed by atoms with van der Waals surface area (Å²) in [6, 6.07) is 3.42. The third-order valence-corrected chi connectivity index (χ3v) is 7.32. The molecule has 0 amide bonds. The van der Waals surface area contributed by atoms with Crippen LogP contribution in [0.15, 0.2) is 30.9 Å². The van der Waals surface area contributed by atoms with E-state index in [0.717, 1.165) is 20.7 Å². The molecular formula is C11H12BrNO3S3. The van der Waals surface area contributed by atoms with Gasteiger partial charge in [-0.05, 0) is 49.9 Å². The Bertz CT molecular complexity index is 662. The third kappa shape index (κ3) is 3.45. The number of aliphatic hydroxyl groups excluding tert-OH is 1. The summed E-state index contributed by atoms with van der Waals surface area (Å²) in [5, 5.41) is 12.6. The van der Waals surface area contributed by atoms with Crippen LogP contribution in [0, 0.1) is 0 Å². The van der Waals surface area contributed by atoms with E-state index < -0.39 is 10.0 Å². The van der Waals surface area contributed by atoms with E-state index in [2.05, 4.69) is 15.9 Å². The van der Waals surface area contributed by atoms with Gasteiger partial charge in [-0.25, -0.2) is 8.42 Å². The Labute approximate surface area is 128 Å². The van der Waals surface area contributed by atoms with E-state index in [1.54, 1.807) is 12.4 Å². The minimum atomic E-state index is -3.49. The van der Waals surface area contributed by atoms with E-state index in [1.807, 2.05) is 11.4 Å². The molecular weight excluding hydrogens is 370 g/mol. The van der Waals surface area contributed by atoms with Crippen molar-refractivity contribution in [2.24, 2.45) is 0 Å². The molecule has 0 aliphatic rings. The SMILES string of the molecule is CN(Cc1csc(Br)c1)S(=O)(=O)c1cc(CO)cs1. The maximum atomic E-state index is 12.3. The van der Waals surface area contributed by atoms with Crippen molar-refractivity contribution in [1.29, 1.82) is 0 Å². The minimum Gasteiger partial charge on any atom is -0.392 e. The van der Waals surface area contributed by atoms with Gasteiger partial charge in [0.25, 0.3) is 10.0 Å². The molecule has 2 aromatic heterocycles. The normalized spacial score (nSPS) is 12.2. The first-order valence-corrected chi connectivity index (χ1v) is 9.30. The highest BCUT2D eigenvalue weighted by molar-refractivity contribution is 9.11. The zero-order valence-corrected chi connectivity index (χ0v) is 14.1. The summed E-state index contributed by atoms with van der Waals surface area (Å²) in [6.45, 7) is 0.185. The number of halogens is 1. The van der Waals surface area contributed by atoms with Crippen LogP contribution in [-0.4, -0.2) is 24.9 Å². The van der Waals surface area contributed by atoms with Crippen LogP contribution in [-0.2, 0) is 23.2 Å². The highest BCUT2D eigenvalue weighted by atomic mass is 79.9. The standard InChI is InChI=1S/C11H12BrNO3S3/c1-13(4-8-2-10(12)17-6-8)19(15,16)11-3-9(5-14)7-18-11/h2-3,6-7,14H,4-5H2,1H3. The van der Waals surface area contributed by atoms with Crippen molar-refractivity contribution < 1.29 is 13.5 Å². The maximum Gasteiger partial charge on any atom is 0.252 e. The highest BCUT2D eigenvalue weighted by Gasteiger charge is 2.23. The second kappa shape index (κ2) is 6.02. The quantitative estimate of drug-likeness (QED) is 0.865.